The Balaban J connectivity index is 1.87. The van der Waals surface area contributed by atoms with Crippen molar-refractivity contribution in [3.63, 3.8) is 0 Å². The maximum atomic E-state index is 9.78. The Morgan fingerprint density at radius 3 is 2.35 bits per heavy atom. The number of hydrogen-bond donors (Lipinski definition) is 1. The van der Waals surface area contributed by atoms with Gasteiger partial charge in [-0.25, -0.2) is 4.57 Å². The Morgan fingerprint density at radius 1 is 1.00 bits per heavy atom. The van der Waals surface area contributed by atoms with Crippen molar-refractivity contribution in [3.8, 4) is 17.2 Å². The molecule has 0 spiro atoms. The van der Waals surface area contributed by atoms with Crippen LogP contribution in [0.1, 0.15) is 11.3 Å². The van der Waals surface area contributed by atoms with Gasteiger partial charge in [0.25, 0.3) is 0 Å². The first-order chi connectivity index (χ1) is 9.58. The first kappa shape index (κ1) is 14.2. The van der Waals surface area contributed by atoms with Gasteiger partial charge >= 0.3 is 0 Å². The van der Waals surface area contributed by atoms with Gasteiger partial charge in [-0.3, -0.25) is 0 Å². The lowest BCUT2D eigenvalue weighted by Crippen LogP contribution is -2.31. The zero-order valence-corrected chi connectivity index (χ0v) is 12.1. The molecule has 0 bridgehead atoms. The van der Waals surface area contributed by atoms with Gasteiger partial charge in [-0.15, -0.1) is 0 Å². The maximum Gasteiger partial charge on any atom is 0.228 e. The summed E-state index contributed by atoms with van der Waals surface area (Å²) in [7, 11) is 1.91. The minimum Gasteiger partial charge on any atom is -0.504 e. The zero-order chi connectivity index (χ0) is 14.5. The number of aromatic nitrogens is 1. The van der Waals surface area contributed by atoms with Crippen LogP contribution in [0.2, 0.25) is 0 Å². The predicted molar refractivity (Wildman–Crippen MR) is 76.2 cm³/mol. The molecule has 1 aromatic carbocycles. The highest BCUT2D eigenvalue weighted by Crippen LogP contribution is 2.26. The van der Waals surface area contributed by atoms with Crippen molar-refractivity contribution in [1.82, 2.24) is 0 Å². The van der Waals surface area contributed by atoms with Crippen molar-refractivity contribution < 1.29 is 19.1 Å². The Kier molecular flexibility index (Phi) is 4.45. The summed E-state index contributed by atoms with van der Waals surface area (Å²) in [5.74, 6) is 1.47. The standard InChI is InChI=1S/C16H19NO3/c1-12-4-6-14(7-5-12)19-10-11-20-16-13(2)17(3)9-8-15(16)18/h4-9H,10-11H2,1-3H3/p+1. The number of nitrogens with zero attached hydrogens (tertiary/aromatic N) is 1. The second-order valence-electron chi connectivity index (χ2n) is 4.74. The van der Waals surface area contributed by atoms with Gasteiger partial charge in [0.15, 0.2) is 11.9 Å². The highest BCUT2D eigenvalue weighted by Gasteiger charge is 2.14. The van der Waals surface area contributed by atoms with Crippen LogP contribution in [-0.2, 0) is 7.05 Å². The molecule has 0 atom stereocenters. The van der Waals surface area contributed by atoms with Crippen LogP contribution in [0.5, 0.6) is 17.2 Å². The van der Waals surface area contributed by atoms with E-state index in [0.29, 0.717) is 19.0 Å². The SMILES string of the molecule is Cc1ccc(OCCOc2c(O)cc[n+](C)c2C)cc1. The van der Waals surface area contributed by atoms with Crippen molar-refractivity contribution in [2.24, 2.45) is 7.05 Å². The Labute approximate surface area is 119 Å². The molecule has 0 aliphatic carbocycles. The van der Waals surface area contributed by atoms with E-state index in [1.807, 2.05) is 49.7 Å². The Bertz CT molecular complexity index is 579. The smallest absolute Gasteiger partial charge is 0.228 e. The van der Waals surface area contributed by atoms with Gasteiger partial charge in [0.1, 0.15) is 26.0 Å². The van der Waals surface area contributed by atoms with Gasteiger partial charge in [0.2, 0.25) is 11.4 Å². The molecule has 1 heterocycles. The molecule has 0 fully saturated rings. The second-order valence-corrected chi connectivity index (χ2v) is 4.74. The van der Waals surface area contributed by atoms with Gasteiger partial charge in [-0.05, 0) is 19.1 Å². The lowest BCUT2D eigenvalue weighted by Gasteiger charge is -2.10. The van der Waals surface area contributed by atoms with Crippen LogP contribution in [0.3, 0.4) is 0 Å². The summed E-state index contributed by atoms with van der Waals surface area (Å²) in [5.41, 5.74) is 2.08. The fraction of sp³-hybridized carbons (Fsp3) is 0.312. The predicted octanol–water partition coefficient (Wildman–Crippen LogP) is 2.29. The van der Waals surface area contributed by atoms with E-state index < -0.39 is 0 Å². The van der Waals surface area contributed by atoms with Gasteiger partial charge in [0.05, 0.1) is 0 Å². The van der Waals surface area contributed by atoms with E-state index in [9.17, 15) is 5.11 Å². The fourth-order valence-electron chi connectivity index (χ4n) is 1.83. The minimum absolute atomic E-state index is 0.149. The summed E-state index contributed by atoms with van der Waals surface area (Å²) in [4.78, 5) is 0. The second kappa shape index (κ2) is 6.28. The molecule has 0 saturated carbocycles. The van der Waals surface area contributed by atoms with Crippen LogP contribution < -0.4 is 14.0 Å². The average molecular weight is 274 g/mol. The summed E-state index contributed by atoms with van der Waals surface area (Å²) in [5, 5.41) is 9.78. The molecule has 2 rings (SSSR count). The lowest BCUT2D eigenvalue weighted by molar-refractivity contribution is -0.678. The van der Waals surface area contributed by atoms with Crippen LogP contribution >= 0.6 is 0 Å². The third-order valence-corrected chi connectivity index (χ3v) is 3.17. The van der Waals surface area contributed by atoms with E-state index in [1.165, 1.54) is 5.56 Å². The summed E-state index contributed by atoms with van der Waals surface area (Å²) < 4.78 is 13.1. The molecule has 1 aromatic heterocycles. The Morgan fingerprint density at radius 2 is 1.65 bits per heavy atom. The third-order valence-electron chi connectivity index (χ3n) is 3.17. The quantitative estimate of drug-likeness (QED) is 0.672. The molecular formula is C16H20NO3+. The molecule has 4 heteroatoms. The molecule has 1 N–H and O–H groups in total. The average Bonchev–Trinajstić information content (AvgIpc) is 2.44. The van der Waals surface area contributed by atoms with Crippen LogP contribution in [0.4, 0.5) is 0 Å². The van der Waals surface area contributed by atoms with Crippen LogP contribution in [0.15, 0.2) is 36.5 Å². The highest BCUT2D eigenvalue weighted by molar-refractivity contribution is 5.38. The first-order valence-electron chi connectivity index (χ1n) is 6.58. The number of aryl methyl sites for hydroxylation is 2. The number of hydrogen-bond acceptors (Lipinski definition) is 3. The first-order valence-corrected chi connectivity index (χ1v) is 6.58. The van der Waals surface area contributed by atoms with Crippen LogP contribution in [0.25, 0.3) is 0 Å². The molecule has 0 aliphatic rings. The van der Waals surface area contributed by atoms with E-state index in [0.717, 1.165) is 11.4 Å². The molecule has 2 aromatic rings. The molecule has 0 saturated heterocycles. The third kappa shape index (κ3) is 3.41. The zero-order valence-electron chi connectivity index (χ0n) is 12.1. The lowest BCUT2D eigenvalue weighted by atomic mass is 10.2. The highest BCUT2D eigenvalue weighted by atomic mass is 16.5. The summed E-state index contributed by atoms with van der Waals surface area (Å²) >= 11 is 0. The van der Waals surface area contributed by atoms with Gasteiger partial charge < -0.3 is 14.6 Å². The number of benzene rings is 1. The van der Waals surface area contributed by atoms with Gasteiger partial charge in [0, 0.05) is 13.0 Å². The number of ether oxygens (including phenoxy) is 2. The largest absolute Gasteiger partial charge is 0.504 e. The molecule has 20 heavy (non-hydrogen) atoms. The maximum absolute atomic E-state index is 9.78. The summed E-state index contributed by atoms with van der Waals surface area (Å²) in [6.45, 7) is 4.75. The number of rotatable bonds is 5. The van der Waals surface area contributed by atoms with Crippen molar-refractivity contribution in [2.75, 3.05) is 13.2 Å². The van der Waals surface area contributed by atoms with Gasteiger partial charge in [-0.2, -0.15) is 0 Å². The molecule has 0 aliphatic heterocycles. The summed E-state index contributed by atoms with van der Waals surface area (Å²) in [6, 6.07) is 9.48. The van der Waals surface area contributed by atoms with Crippen LogP contribution in [-0.4, -0.2) is 18.3 Å². The van der Waals surface area contributed by atoms with E-state index in [4.69, 9.17) is 9.47 Å². The van der Waals surface area contributed by atoms with E-state index in [1.54, 1.807) is 12.3 Å². The minimum atomic E-state index is 0.149. The number of pyridine rings is 1. The van der Waals surface area contributed by atoms with Crippen molar-refractivity contribution in [3.05, 3.63) is 47.8 Å². The molecule has 0 radical (unpaired) electrons. The van der Waals surface area contributed by atoms with E-state index >= 15 is 0 Å². The molecule has 4 nitrogen and oxygen atoms in total. The van der Waals surface area contributed by atoms with Crippen molar-refractivity contribution in [2.45, 2.75) is 13.8 Å². The molecule has 106 valence electrons. The van der Waals surface area contributed by atoms with Crippen molar-refractivity contribution >= 4 is 0 Å². The number of aromatic hydroxyl groups is 1. The topological polar surface area (TPSA) is 42.6 Å². The van der Waals surface area contributed by atoms with Gasteiger partial charge in [-0.1, -0.05) is 17.7 Å². The van der Waals surface area contributed by atoms with Crippen LogP contribution in [0, 0.1) is 13.8 Å². The van der Waals surface area contributed by atoms with E-state index in [-0.39, 0.29) is 5.75 Å². The molecule has 0 amide bonds. The van der Waals surface area contributed by atoms with Crippen molar-refractivity contribution in [1.29, 1.82) is 0 Å². The fourth-order valence-corrected chi connectivity index (χ4v) is 1.83. The monoisotopic (exact) mass is 274 g/mol. The molecular weight excluding hydrogens is 254 g/mol. The summed E-state index contributed by atoms with van der Waals surface area (Å²) in [6.07, 6.45) is 1.79. The normalized spacial score (nSPS) is 10.3. The molecule has 0 unspecified atom stereocenters. The van der Waals surface area contributed by atoms with E-state index in [2.05, 4.69) is 0 Å². The Hall–Kier alpha value is -2.23.